The van der Waals surface area contributed by atoms with Crippen LogP contribution in [0, 0.1) is 17.3 Å². The van der Waals surface area contributed by atoms with Gasteiger partial charge in [-0.2, -0.15) is 0 Å². The molecule has 6 atom stereocenters. The van der Waals surface area contributed by atoms with Gasteiger partial charge in [0, 0.05) is 17.4 Å². The fraction of sp³-hybridized carbons (Fsp3) is 0.559. The number of hydrogen-bond donors (Lipinski definition) is 3. The number of benzene rings is 3. The van der Waals surface area contributed by atoms with Crippen molar-refractivity contribution in [1.82, 2.24) is 0 Å². The number of unbranched alkanes of at least 4 members (excludes halogenated alkanes) is 2. The molecule has 3 aliphatic heterocycles. The van der Waals surface area contributed by atoms with Crippen molar-refractivity contribution in [2.24, 2.45) is 17.3 Å². The Morgan fingerprint density at radius 3 is 1.55 bits per heavy atom. The quantitative estimate of drug-likeness (QED) is 0.110. The monoisotopic (exact) mass is 887 g/mol. The van der Waals surface area contributed by atoms with Crippen molar-refractivity contribution in [1.29, 1.82) is 0 Å². The Balaban J connectivity index is 0.000000162. The van der Waals surface area contributed by atoms with E-state index in [2.05, 4.69) is 126 Å². The van der Waals surface area contributed by atoms with Crippen molar-refractivity contribution in [3.8, 4) is 34.5 Å². The smallest absolute Gasteiger partial charge is 0.131 e. The third-order valence-corrected chi connectivity index (χ3v) is 14.8. The molecular formula is C59H82O6. The van der Waals surface area contributed by atoms with Crippen LogP contribution in [-0.4, -0.2) is 32.1 Å². The highest BCUT2D eigenvalue weighted by Gasteiger charge is 2.69. The maximum absolute atomic E-state index is 10.6. The third-order valence-electron chi connectivity index (χ3n) is 14.8. The van der Waals surface area contributed by atoms with Crippen LogP contribution in [0.25, 0.3) is 12.2 Å². The summed E-state index contributed by atoms with van der Waals surface area (Å²) in [6.07, 6.45) is 27.6. The average molecular weight is 887 g/mol. The van der Waals surface area contributed by atoms with Gasteiger partial charge in [-0.3, -0.25) is 0 Å². The molecule has 8 rings (SSSR count). The highest BCUT2D eigenvalue weighted by molar-refractivity contribution is 5.69. The zero-order valence-corrected chi connectivity index (χ0v) is 42.1. The molecule has 65 heavy (non-hydrogen) atoms. The zero-order valence-electron chi connectivity index (χ0n) is 42.1. The second-order valence-electron chi connectivity index (χ2n) is 21.6. The lowest BCUT2D eigenvalue weighted by atomic mass is 9.45. The van der Waals surface area contributed by atoms with Gasteiger partial charge in [-0.1, -0.05) is 83.6 Å². The van der Waals surface area contributed by atoms with Crippen LogP contribution in [0.3, 0.4) is 0 Å². The molecule has 0 bridgehead atoms. The number of phenols is 3. The predicted octanol–water partition coefficient (Wildman–Crippen LogP) is 15.9. The number of hydrogen-bond acceptors (Lipinski definition) is 6. The lowest BCUT2D eigenvalue weighted by molar-refractivity contribution is -0.121. The van der Waals surface area contributed by atoms with Gasteiger partial charge >= 0.3 is 0 Å². The molecular weight excluding hydrogens is 805 g/mol. The molecule has 6 heteroatoms. The molecule has 354 valence electrons. The molecule has 3 unspecified atom stereocenters. The topological polar surface area (TPSA) is 88.4 Å². The van der Waals surface area contributed by atoms with Crippen LogP contribution in [0.15, 0.2) is 71.8 Å². The van der Waals surface area contributed by atoms with Crippen molar-refractivity contribution in [2.45, 2.75) is 196 Å². The SMILES string of the molecule is CCCCCc1cc(O)c2c(c1)OC(C)(CCC=C(C)C)C=C2.CCCc1cc(O)c2c(c1)OC(C)(CCC=C(C)C)C=C2.CCCc1cc(O)c2c(c1)O[C@]1(C)CCC3[C@@H]1[C@@H]2C3(C)C. The highest BCUT2D eigenvalue weighted by Crippen LogP contribution is 2.74. The van der Waals surface area contributed by atoms with Gasteiger partial charge in [0.25, 0.3) is 0 Å². The van der Waals surface area contributed by atoms with Gasteiger partial charge in [-0.15, -0.1) is 0 Å². The minimum atomic E-state index is -0.298. The number of allylic oxidation sites excluding steroid dienone is 4. The first-order chi connectivity index (χ1) is 30.7. The Kier molecular flexibility index (Phi) is 15.7. The summed E-state index contributed by atoms with van der Waals surface area (Å²) in [4.78, 5) is 0. The Labute approximate surface area is 392 Å². The van der Waals surface area contributed by atoms with Crippen molar-refractivity contribution in [3.05, 3.63) is 105 Å². The Morgan fingerprint density at radius 1 is 0.600 bits per heavy atom. The molecule has 2 aliphatic carbocycles. The summed E-state index contributed by atoms with van der Waals surface area (Å²) in [5.41, 5.74) is 8.53. The standard InChI is InChI=1S/C21H30O2.2C19H26O2/c1-5-6-7-10-17-14-19(22)18-11-13-21(4,23-20(18)15-17)12-8-9-16(2)3;1-5-6-11-9-13(20)15-14(10-11)21-19(4)8-7-12-16(19)17(15)18(12,2)3;1-5-7-15-12-17(20)16-9-11-19(4,21-18(16)13-15)10-6-8-14(2)3/h9,11,13-15,22H,5-8,10,12H2,1-4H3;9-10,12,16-17,20H,5-8H2,1-4H3;8-9,11-13,20H,5-7,10H2,1-4H3/t;12?,16-,17-,19-;/m.1./s1. The second-order valence-corrected chi connectivity index (χ2v) is 21.6. The molecule has 2 saturated carbocycles. The number of ether oxygens (including phenoxy) is 3. The van der Waals surface area contributed by atoms with Gasteiger partial charge in [0.2, 0.25) is 0 Å². The van der Waals surface area contributed by atoms with Crippen LogP contribution in [0.4, 0.5) is 0 Å². The zero-order chi connectivity index (χ0) is 47.3. The molecule has 6 nitrogen and oxygen atoms in total. The first-order valence-corrected chi connectivity index (χ1v) is 25.0. The first-order valence-electron chi connectivity index (χ1n) is 25.0. The average Bonchev–Trinajstić information content (AvgIpc) is 3.56. The van der Waals surface area contributed by atoms with Gasteiger partial charge in [-0.25, -0.2) is 0 Å². The van der Waals surface area contributed by atoms with E-state index < -0.39 is 0 Å². The lowest BCUT2D eigenvalue weighted by Gasteiger charge is -2.62. The van der Waals surface area contributed by atoms with Crippen LogP contribution in [0.5, 0.6) is 34.5 Å². The molecule has 2 fully saturated rings. The van der Waals surface area contributed by atoms with E-state index in [1.165, 1.54) is 36.0 Å². The van der Waals surface area contributed by atoms with Crippen LogP contribution in [-0.2, 0) is 19.3 Å². The lowest BCUT2D eigenvalue weighted by Crippen LogP contribution is -2.59. The Morgan fingerprint density at radius 2 is 1.08 bits per heavy atom. The molecule has 0 spiro atoms. The van der Waals surface area contributed by atoms with E-state index in [0.717, 1.165) is 122 Å². The van der Waals surface area contributed by atoms with Crippen LogP contribution < -0.4 is 14.2 Å². The van der Waals surface area contributed by atoms with Crippen molar-refractivity contribution in [3.63, 3.8) is 0 Å². The second kappa shape index (κ2) is 20.5. The van der Waals surface area contributed by atoms with Crippen LogP contribution in [0.1, 0.15) is 193 Å². The molecule has 0 saturated heterocycles. The summed E-state index contributed by atoms with van der Waals surface area (Å²) in [6, 6.07) is 12.1. The van der Waals surface area contributed by atoms with E-state index in [4.69, 9.17) is 14.2 Å². The van der Waals surface area contributed by atoms with E-state index in [1.54, 1.807) is 0 Å². The molecule has 3 N–H and O–H groups in total. The summed E-state index contributed by atoms with van der Waals surface area (Å²) in [5.74, 6) is 5.47. The molecule has 3 aromatic rings. The van der Waals surface area contributed by atoms with Crippen molar-refractivity contribution in [2.75, 3.05) is 0 Å². The van der Waals surface area contributed by atoms with Gasteiger partial charge in [0.05, 0.1) is 11.1 Å². The number of phenolic OH excluding ortho intramolecular Hbond substituents is 3. The normalized spacial score (nSPS) is 25.5. The van der Waals surface area contributed by atoms with Crippen LogP contribution >= 0.6 is 0 Å². The molecule has 3 heterocycles. The predicted molar refractivity (Wildman–Crippen MR) is 271 cm³/mol. The number of aryl methyl sites for hydroxylation is 3. The van der Waals surface area contributed by atoms with E-state index in [0.29, 0.717) is 29.1 Å². The minimum Gasteiger partial charge on any atom is -0.508 e. The summed E-state index contributed by atoms with van der Waals surface area (Å²) in [5, 5.41) is 31.0. The van der Waals surface area contributed by atoms with E-state index in [-0.39, 0.29) is 22.2 Å². The van der Waals surface area contributed by atoms with Gasteiger partial charge in [0.1, 0.15) is 51.3 Å². The largest absolute Gasteiger partial charge is 0.508 e. The summed E-state index contributed by atoms with van der Waals surface area (Å²) >= 11 is 0. The molecule has 0 radical (unpaired) electrons. The molecule has 0 amide bonds. The van der Waals surface area contributed by atoms with Gasteiger partial charge in [0.15, 0.2) is 0 Å². The summed E-state index contributed by atoms with van der Waals surface area (Å²) < 4.78 is 18.9. The number of aromatic hydroxyl groups is 3. The van der Waals surface area contributed by atoms with E-state index in [9.17, 15) is 15.3 Å². The number of rotatable bonds is 14. The molecule has 0 aromatic heterocycles. The van der Waals surface area contributed by atoms with Crippen molar-refractivity contribution < 1.29 is 29.5 Å². The Bertz CT molecular complexity index is 2270. The van der Waals surface area contributed by atoms with Gasteiger partial charge in [-0.05, 0) is 201 Å². The number of fused-ring (bicyclic) bond motifs is 4. The van der Waals surface area contributed by atoms with Gasteiger partial charge < -0.3 is 29.5 Å². The first kappa shape index (κ1) is 49.8. The summed E-state index contributed by atoms with van der Waals surface area (Å²) in [6.45, 7) is 26.2. The fourth-order valence-corrected chi connectivity index (χ4v) is 11.3. The van der Waals surface area contributed by atoms with Crippen LogP contribution in [0.2, 0.25) is 0 Å². The van der Waals surface area contributed by atoms with E-state index in [1.807, 2.05) is 30.4 Å². The minimum absolute atomic E-state index is 0.0187. The van der Waals surface area contributed by atoms with Crippen molar-refractivity contribution >= 4 is 12.2 Å². The Hall–Kier alpha value is -4.58. The summed E-state index contributed by atoms with van der Waals surface area (Å²) in [7, 11) is 0. The maximum Gasteiger partial charge on any atom is 0.131 e. The molecule has 5 aliphatic rings. The molecule has 3 aromatic carbocycles. The van der Waals surface area contributed by atoms with E-state index >= 15 is 0 Å². The highest BCUT2D eigenvalue weighted by atomic mass is 16.5. The fourth-order valence-electron chi connectivity index (χ4n) is 11.3. The third kappa shape index (κ3) is 11.3. The maximum atomic E-state index is 10.6.